The molecule has 3 aliphatic rings. The van der Waals surface area contributed by atoms with Gasteiger partial charge in [0.15, 0.2) is 0 Å². The van der Waals surface area contributed by atoms with Crippen LogP contribution in [0.15, 0.2) is 12.7 Å². The van der Waals surface area contributed by atoms with Crippen LogP contribution < -0.4 is 21.3 Å². The number of urea groups is 1. The van der Waals surface area contributed by atoms with Gasteiger partial charge in [0.1, 0.15) is 12.1 Å². The summed E-state index contributed by atoms with van der Waals surface area (Å²) in [6, 6.07) is -4.77. The van der Waals surface area contributed by atoms with Gasteiger partial charge < -0.3 is 30.9 Å². The number of carbonyl (C=O) groups is 5. The van der Waals surface area contributed by atoms with Crippen molar-refractivity contribution >= 4 is 29.5 Å². The molecule has 14 heteroatoms. The third-order valence-corrected chi connectivity index (χ3v) is 10.4. The van der Waals surface area contributed by atoms with Crippen LogP contribution in [0.5, 0.6) is 0 Å². The van der Waals surface area contributed by atoms with Crippen LogP contribution in [0, 0.1) is 28.1 Å². The molecular weight excluding hydrogens is 619 g/mol. The van der Waals surface area contributed by atoms with E-state index in [0.717, 1.165) is 12.8 Å². The molecule has 47 heavy (non-hydrogen) atoms. The van der Waals surface area contributed by atoms with Crippen LogP contribution in [0.2, 0.25) is 0 Å². The summed E-state index contributed by atoms with van der Waals surface area (Å²) in [5.41, 5.74) is -1.30. The molecule has 266 valence electrons. The minimum atomic E-state index is -4.63. The summed E-state index contributed by atoms with van der Waals surface area (Å²) in [5, 5.41) is 10.5. The summed E-state index contributed by atoms with van der Waals surface area (Å²) in [6.45, 7) is 15.5. The first-order valence-electron chi connectivity index (χ1n) is 16.3. The molecule has 2 saturated carbocycles. The molecule has 11 nitrogen and oxygen atoms in total. The molecular formula is C33H52F3N5O6. The SMILES string of the molecule is C=CCNC(=O)C(=O)C(CCC(F)(F)F)NC(=O)[C@@H]1[C@@H]2[C@H](CN1C(=O)[C@@H](NC(=O)N[C@H](COC)C(C)(C)C)C1(C)CCCC1)C2(C)C. The average molecular weight is 672 g/mol. The average Bonchev–Trinajstić information content (AvgIpc) is 3.34. The first-order valence-corrected chi connectivity index (χ1v) is 16.3. The smallest absolute Gasteiger partial charge is 0.383 e. The highest BCUT2D eigenvalue weighted by Crippen LogP contribution is 2.65. The number of ketones is 1. The Bertz CT molecular complexity index is 1210. The van der Waals surface area contributed by atoms with Crippen molar-refractivity contribution in [3.63, 3.8) is 0 Å². The summed E-state index contributed by atoms with van der Waals surface area (Å²) in [5.74, 6) is -4.02. The number of likely N-dealkylation sites (tertiary alicyclic amines) is 1. The van der Waals surface area contributed by atoms with Crippen molar-refractivity contribution in [1.29, 1.82) is 0 Å². The van der Waals surface area contributed by atoms with Crippen LogP contribution in [0.4, 0.5) is 18.0 Å². The fraction of sp³-hybridized carbons (Fsp3) is 0.788. The molecule has 0 spiro atoms. The molecule has 0 aromatic rings. The van der Waals surface area contributed by atoms with Crippen molar-refractivity contribution in [2.45, 2.75) is 110 Å². The van der Waals surface area contributed by atoms with Gasteiger partial charge in [-0.25, -0.2) is 4.79 Å². The van der Waals surface area contributed by atoms with E-state index >= 15 is 0 Å². The van der Waals surface area contributed by atoms with Crippen LogP contribution in [-0.2, 0) is 23.9 Å². The summed E-state index contributed by atoms with van der Waals surface area (Å²) in [4.78, 5) is 68.6. The number of rotatable bonds is 14. The zero-order chi connectivity index (χ0) is 35.5. The van der Waals surface area contributed by atoms with Crippen LogP contribution in [0.3, 0.4) is 0 Å². The molecule has 1 aliphatic heterocycles. The summed E-state index contributed by atoms with van der Waals surface area (Å²) in [7, 11) is 1.53. The zero-order valence-electron chi connectivity index (χ0n) is 28.6. The lowest BCUT2D eigenvalue weighted by Gasteiger charge is -2.40. The number of piperidine rings is 1. The second-order valence-corrected chi connectivity index (χ2v) is 15.3. The van der Waals surface area contributed by atoms with Gasteiger partial charge in [-0.2, -0.15) is 13.2 Å². The van der Waals surface area contributed by atoms with E-state index in [1.54, 1.807) is 0 Å². The third kappa shape index (κ3) is 9.05. The van der Waals surface area contributed by atoms with Crippen LogP contribution in [-0.4, -0.2) is 91.6 Å². The van der Waals surface area contributed by atoms with Crippen molar-refractivity contribution in [1.82, 2.24) is 26.2 Å². The normalized spacial score (nSPS) is 24.7. The van der Waals surface area contributed by atoms with E-state index in [9.17, 15) is 37.1 Å². The number of halogens is 3. The summed E-state index contributed by atoms with van der Waals surface area (Å²) >= 11 is 0. The summed E-state index contributed by atoms with van der Waals surface area (Å²) < 4.78 is 44.9. The Labute approximate surface area is 275 Å². The molecule has 1 heterocycles. The predicted molar refractivity (Wildman–Crippen MR) is 169 cm³/mol. The molecule has 0 aromatic carbocycles. The van der Waals surface area contributed by atoms with E-state index in [1.165, 1.54) is 18.1 Å². The number of methoxy groups -OCH3 is 1. The Morgan fingerprint density at radius 2 is 1.64 bits per heavy atom. The number of fused-ring (bicyclic) bond motifs is 1. The van der Waals surface area contributed by atoms with E-state index in [1.807, 2.05) is 41.5 Å². The second kappa shape index (κ2) is 14.5. The van der Waals surface area contributed by atoms with Gasteiger partial charge in [0.05, 0.1) is 18.7 Å². The minimum absolute atomic E-state index is 0.0692. The lowest BCUT2D eigenvalue weighted by atomic mass is 9.79. The first kappa shape index (κ1) is 38.3. The Morgan fingerprint density at radius 3 is 2.17 bits per heavy atom. The fourth-order valence-corrected chi connectivity index (χ4v) is 7.23. The van der Waals surface area contributed by atoms with Gasteiger partial charge in [-0.05, 0) is 47.3 Å². The van der Waals surface area contributed by atoms with Crippen molar-refractivity contribution in [3.8, 4) is 0 Å². The third-order valence-electron chi connectivity index (χ3n) is 10.4. The predicted octanol–water partition coefficient (Wildman–Crippen LogP) is 3.48. The molecule has 0 bridgehead atoms. The Balaban J connectivity index is 1.90. The van der Waals surface area contributed by atoms with E-state index in [4.69, 9.17) is 4.74 Å². The van der Waals surface area contributed by atoms with Crippen molar-refractivity contribution in [3.05, 3.63) is 12.7 Å². The van der Waals surface area contributed by atoms with Gasteiger partial charge in [-0.1, -0.05) is 60.5 Å². The van der Waals surface area contributed by atoms with E-state index in [-0.39, 0.29) is 48.4 Å². The Kier molecular flexibility index (Phi) is 11.8. The number of nitrogens with zero attached hydrogens (tertiary/aromatic N) is 1. The highest BCUT2D eigenvalue weighted by Gasteiger charge is 2.70. The van der Waals surface area contributed by atoms with E-state index < -0.39 is 72.1 Å². The number of ether oxygens (including phenoxy) is 1. The lowest BCUT2D eigenvalue weighted by molar-refractivity contribution is -0.148. The number of amides is 5. The molecule has 0 aromatic heterocycles. The van der Waals surface area contributed by atoms with Crippen molar-refractivity contribution < 1.29 is 41.9 Å². The van der Waals surface area contributed by atoms with Crippen LogP contribution >= 0.6 is 0 Å². The lowest BCUT2D eigenvalue weighted by Crippen LogP contribution is -2.63. The molecule has 3 rings (SSSR count). The Morgan fingerprint density at radius 1 is 1.02 bits per heavy atom. The van der Waals surface area contributed by atoms with E-state index in [2.05, 4.69) is 27.8 Å². The highest BCUT2D eigenvalue weighted by atomic mass is 19.4. The van der Waals surface area contributed by atoms with Gasteiger partial charge >= 0.3 is 12.2 Å². The topological polar surface area (TPSA) is 146 Å². The molecule has 0 radical (unpaired) electrons. The fourth-order valence-electron chi connectivity index (χ4n) is 7.23. The van der Waals surface area contributed by atoms with E-state index in [0.29, 0.717) is 12.8 Å². The Hall–Kier alpha value is -3.16. The first-order chi connectivity index (χ1) is 21.7. The molecule has 2 aliphatic carbocycles. The standard InChI is InChI=1S/C33H52F3N5O6/c1-9-16-37-27(44)24(42)20(12-15-33(34,35)36)38-26(43)23-22-19(31(22,5)6)17-41(23)28(45)25(32(7)13-10-11-14-32)40-29(46)39-21(18-47-8)30(2,3)4/h9,19-23,25H,1,10-18H2,2-8H3,(H,37,44)(H,38,43)(H2,39,40,46)/t19-,20?,21+,22-,23-,25+/m0/s1. The monoisotopic (exact) mass is 671 g/mol. The maximum atomic E-state index is 14.5. The largest absolute Gasteiger partial charge is 0.389 e. The van der Waals surface area contributed by atoms with Crippen molar-refractivity contribution in [2.75, 3.05) is 26.8 Å². The minimum Gasteiger partial charge on any atom is -0.383 e. The van der Waals surface area contributed by atoms with Gasteiger partial charge in [-0.3, -0.25) is 19.2 Å². The number of Topliss-reactive ketones (excluding diaryl/α,β-unsaturated/α-hetero) is 1. The molecule has 5 amide bonds. The highest BCUT2D eigenvalue weighted by molar-refractivity contribution is 6.38. The maximum absolute atomic E-state index is 14.5. The number of hydrogen-bond acceptors (Lipinski definition) is 6. The quantitative estimate of drug-likeness (QED) is 0.164. The second-order valence-electron chi connectivity index (χ2n) is 15.3. The van der Waals surface area contributed by atoms with Gasteiger partial charge in [-0.15, -0.1) is 6.58 Å². The maximum Gasteiger partial charge on any atom is 0.389 e. The number of hydrogen-bond donors (Lipinski definition) is 4. The van der Waals surface area contributed by atoms with Gasteiger partial charge in [0, 0.05) is 26.6 Å². The van der Waals surface area contributed by atoms with Crippen LogP contribution in [0.25, 0.3) is 0 Å². The number of alkyl halides is 3. The molecule has 1 unspecified atom stereocenters. The summed E-state index contributed by atoms with van der Waals surface area (Å²) in [6.07, 6.45) is -2.52. The number of nitrogens with one attached hydrogen (secondary N) is 4. The molecule has 6 atom stereocenters. The molecule has 4 N–H and O–H groups in total. The van der Waals surface area contributed by atoms with Crippen molar-refractivity contribution in [2.24, 2.45) is 28.1 Å². The number of carbonyl (C=O) groups excluding carboxylic acids is 5. The molecule has 3 fully saturated rings. The zero-order valence-corrected chi connectivity index (χ0v) is 28.6. The van der Waals surface area contributed by atoms with Gasteiger partial charge in [0.2, 0.25) is 17.6 Å². The molecule has 1 saturated heterocycles. The van der Waals surface area contributed by atoms with Crippen LogP contribution in [0.1, 0.15) is 80.1 Å². The van der Waals surface area contributed by atoms with Gasteiger partial charge in [0.25, 0.3) is 5.91 Å².